The molecule has 1 aliphatic rings. The molecule has 2 rings (SSSR count). The van der Waals surface area contributed by atoms with Gasteiger partial charge in [0.2, 0.25) is 5.91 Å². The fourth-order valence-corrected chi connectivity index (χ4v) is 2.08. The van der Waals surface area contributed by atoms with E-state index in [0.717, 1.165) is 24.0 Å². The van der Waals surface area contributed by atoms with E-state index < -0.39 is 5.97 Å². The SMILES string of the molecule is Cc1ccc(C=CC(=O)N(CC(=O)O)C2CC2)cc1Cl. The largest absolute Gasteiger partial charge is 0.480 e. The van der Waals surface area contributed by atoms with E-state index in [1.807, 2.05) is 19.1 Å². The minimum absolute atomic E-state index is 0.0739. The highest BCUT2D eigenvalue weighted by atomic mass is 35.5. The first-order chi connectivity index (χ1) is 9.47. The summed E-state index contributed by atoms with van der Waals surface area (Å²) in [5.74, 6) is -1.26. The average Bonchev–Trinajstić information content (AvgIpc) is 3.21. The molecular formula is C15H16ClNO3. The Bertz CT molecular complexity index is 564. The van der Waals surface area contributed by atoms with Crippen LogP contribution in [0.25, 0.3) is 6.08 Å². The number of carbonyl (C=O) groups excluding carboxylic acids is 1. The third-order valence-corrected chi connectivity index (χ3v) is 3.60. The van der Waals surface area contributed by atoms with Crippen LogP contribution in [0.4, 0.5) is 0 Å². The Labute approximate surface area is 122 Å². The summed E-state index contributed by atoms with van der Waals surface area (Å²) in [4.78, 5) is 24.2. The van der Waals surface area contributed by atoms with Crippen LogP contribution in [0.5, 0.6) is 0 Å². The van der Waals surface area contributed by atoms with Gasteiger partial charge in [0.1, 0.15) is 6.54 Å². The molecule has 0 spiro atoms. The van der Waals surface area contributed by atoms with Gasteiger partial charge in [-0.1, -0.05) is 23.7 Å². The maximum atomic E-state index is 12.0. The summed E-state index contributed by atoms with van der Waals surface area (Å²) in [6.07, 6.45) is 4.82. The summed E-state index contributed by atoms with van der Waals surface area (Å²) < 4.78 is 0. The number of hydrogen-bond donors (Lipinski definition) is 1. The molecule has 20 heavy (non-hydrogen) atoms. The summed E-state index contributed by atoms with van der Waals surface area (Å²) in [7, 11) is 0. The second kappa shape index (κ2) is 6.09. The van der Waals surface area contributed by atoms with E-state index in [1.165, 1.54) is 11.0 Å². The van der Waals surface area contributed by atoms with Crippen LogP contribution in [0, 0.1) is 6.92 Å². The van der Waals surface area contributed by atoms with Crippen molar-refractivity contribution in [3.63, 3.8) is 0 Å². The van der Waals surface area contributed by atoms with Gasteiger partial charge in [-0.05, 0) is 43.0 Å². The van der Waals surface area contributed by atoms with Crippen LogP contribution in [0.1, 0.15) is 24.0 Å². The van der Waals surface area contributed by atoms with Crippen LogP contribution in [0.2, 0.25) is 5.02 Å². The Morgan fingerprint density at radius 1 is 1.45 bits per heavy atom. The first-order valence-electron chi connectivity index (χ1n) is 6.44. The lowest BCUT2D eigenvalue weighted by molar-refractivity contribution is -0.143. The second-order valence-electron chi connectivity index (χ2n) is 4.93. The number of rotatable bonds is 5. The van der Waals surface area contributed by atoms with Crippen molar-refractivity contribution in [3.8, 4) is 0 Å². The molecule has 0 saturated heterocycles. The first-order valence-corrected chi connectivity index (χ1v) is 6.82. The Morgan fingerprint density at radius 2 is 2.15 bits per heavy atom. The van der Waals surface area contributed by atoms with Gasteiger partial charge < -0.3 is 10.0 Å². The lowest BCUT2D eigenvalue weighted by Crippen LogP contribution is -2.36. The molecule has 0 bridgehead atoms. The van der Waals surface area contributed by atoms with Crippen LogP contribution < -0.4 is 0 Å². The van der Waals surface area contributed by atoms with Gasteiger partial charge >= 0.3 is 5.97 Å². The topological polar surface area (TPSA) is 57.6 Å². The van der Waals surface area contributed by atoms with Crippen molar-refractivity contribution in [1.29, 1.82) is 0 Å². The van der Waals surface area contributed by atoms with Crippen LogP contribution in [0.15, 0.2) is 24.3 Å². The highest BCUT2D eigenvalue weighted by Gasteiger charge is 2.32. The molecule has 0 heterocycles. The fraction of sp³-hybridized carbons (Fsp3) is 0.333. The zero-order valence-electron chi connectivity index (χ0n) is 11.2. The number of aliphatic carboxylic acids is 1. The fourth-order valence-electron chi connectivity index (χ4n) is 1.89. The van der Waals surface area contributed by atoms with E-state index in [4.69, 9.17) is 16.7 Å². The van der Waals surface area contributed by atoms with Gasteiger partial charge in [-0.2, -0.15) is 0 Å². The lowest BCUT2D eigenvalue weighted by atomic mass is 10.1. The molecule has 1 aliphatic carbocycles. The predicted molar refractivity (Wildman–Crippen MR) is 77.6 cm³/mol. The highest BCUT2D eigenvalue weighted by molar-refractivity contribution is 6.31. The van der Waals surface area contributed by atoms with Crippen molar-refractivity contribution >= 4 is 29.6 Å². The minimum Gasteiger partial charge on any atom is -0.480 e. The van der Waals surface area contributed by atoms with Crippen molar-refractivity contribution in [2.45, 2.75) is 25.8 Å². The third-order valence-electron chi connectivity index (χ3n) is 3.19. The molecule has 1 saturated carbocycles. The maximum Gasteiger partial charge on any atom is 0.323 e. The molecule has 0 unspecified atom stereocenters. The van der Waals surface area contributed by atoms with E-state index in [1.54, 1.807) is 12.1 Å². The van der Waals surface area contributed by atoms with E-state index in [0.29, 0.717) is 5.02 Å². The molecule has 0 atom stereocenters. The molecule has 1 N–H and O–H groups in total. The average molecular weight is 294 g/mol. The van der Waals surface area contributed by atoms with Crippen molar-refractivity contribution in [1.82, 2.24) is 4.90 Å². The molecule has 0 radical (unpaired) electrons. The van der Waals surface area contributed by atoms with Crippen molar-refractivity contribution in [2.75, 3.05) is 6.54 Å². The molecule has 1 fully saturated rings. The smallest absolute Gasteiger partial charge is 0.323 e. The molecule has 1 aromatic carbocycles. The van der Waals surface area contributed by atoms with Crippen molar-refractivity contribution < 1.29 is 14.7 Å². The zero-order valence-corrected chi connectivity index (χ0v) is 11.9. The maximum absolute atomic E-state index is 12.0. The highest BCUT2D eigenvalue weighted by Crippen LogP contribution is 2.27. The standard InChI is InChI=1S/C15H16ClNO3/c1-10-2-3-11(8-13(10)16)4-7-14(18)17(9-15(19)20)12-5-6-12/h2-4,7-8,12H,5-6,9H2,1H3,(H,19,20). The normalized spacial score (nSPS) is 14.5. The number of carbonyl (C=O) groups is 2. The van der Waals surface area contributed by atoms with Crippen molar-refractivity contribution in [2.24, 2.45) is 0 Å². The zero-order chi connectivity index (χ0) is 14.7. The summed E-state index contributed by atoms with van der Waals surface area (Å²) in [5.41, 5.74) is 1.79. The monoisotopic (exact) mass is 293 g/mol. The summed E-state index contributed by atoms with van der Waals surface area (Å²) >= 11 is 6.01. The van der Waals surface area contributed by atoms with Crippen LogP contribution in [-0.4, -0.2) is 34.5 Å². The van der Waals surface area contributed by atoms with Gasteiger partial charge in [-0.25, -0.2) is 0 Å². The van der Waals surface area contributed by atoms with E-state index in [9.17, 15) is 9.59 Å². The first kappa shape index (κ1) is 14.6. The quantitative estimate of drug-likeness (QED) is 0.849. The number of halogens is 1. The molecule has 0 aliphatic heterocycles. The Morgan fingerprint density at radius 3 is 2.70 bits per heavy atom. The summed E-state index contributed by atoms with van der Waals surface area (Å²) in [6.45, 7) is 1.66. The van der Waals surface area contributed by atoms with Crippen LogP contribution in [0.3, 0.4) is 0 Å². The number of aryl methyl sites for hydroxylation is 1. The lowest BCUT2D eigenvalue weighted by Gasteiger charge is -2.17. The number of carboxylic acid groups (broad SMARTS) is 1. The Hall–Kier alpha value is -1.81. The van der Waals surface area contributed by atoms with Crippen LogP contribution in [-0.2, 0) is 9.59 Å². The molecule has 0 aromatic heterocycles. The Balaban J connectivity index is 2.06. The van der Waals surface area contributed by atoms with E-state index in [-0.39, 0.29) is 18.5 Å². The second-order valence-corrected chi connectivity index (χ2v) is 5.34. The molecular weight excluding hydrogens is 278 g/mol. The van der Waals surface area contributed by atoms with Gasteiger partial charge in [-0.3, -0.25) is 9.59 Å². The summed E-state index contributed by atoms with van der Waals surface area (Å²) in [5, 5.41) is 9.47. The molecule has 4 nitrogen and oxygen atoms in total. The third kappa shape index (κ3) is 3.84. The van der Waals surface area contributed by atoms with Gasteiger partial charge in [-0.15, -0.1) is 0 Å². The molecule has 5 heteroatoms. The van der Waals surface area contributed by atoms with Gasteiger partial charge in [0, 0.05) is 17.1 Å². The van der Waals surface area contributed by atoms with E-state index >= 15 is 0 Å². The predicted octanol–water partition coefficient (Wildman–Crippen LogP) is 2.74. The molecule has 106 valence electrons. The number of benzene rings is 1. The summed E-state index contributed by atoms with van der Waals surface area (Å²) in [6, 6.07) is 5.59. The number of carboxylic acids is 1. The van der Waals surface area contributed by atoms with Gasteiger partial charge in [0.05, 0.1) is 0 Å². The van der Waals surface area contributed by atoms with E-state index in [2.05, 4.69) is 0 Å². The molecule has 1 aromatic rings. The Kier molecular flexibility index (Phi) is 4.45. The van der Waals surface area contributed by atoms with Gasteiger partial charge in [0.25, 0.3) is 0 Å². The minimum atomic E-state index is -0.989. The van der Waals surface area contributed by atoms with Gasteiger partial charge in [0.15, 0.2) is 0 Å². The number of nitrogens with zero attached hydrogens (tertiary/aromatic N) is 1. The molecule has 1 amide bonds. The van der Waals surface area contributed by atoms with Crippen LogP contribution >= 0.6 is 11.6 Å². The van der Waals surface area contributed by atoms with Crippen molar-refractivity contribution in [3.05, 3.63) is 40.4 Å². The number of amides is 1. The number of hydrogen-bond acceptors (Lipinski definition) is 2.